The number of nitrogens with one attached hydrogen (secondary N) is 1. The highest BCUT2D eigenvalue weighted by molar-refractivity contribution is 5.88. The molecule has 8 nitrogen and oxygen atoms in total. The molecule has 0 bridgehead atoms. The van der Waals surface area contributed by atoms with Gasteiger partial charge in [0.15, 0.2) is 0 Å². The molecule has 0 radical (unpaired) electrons. The standard InChI is InChI=1S/C17H32N6O2.ClH/c18-15(17(25)23-8-3-1-2-4-9-23)10-16(24)20-11-14-6-5-7-22(12-14)13-21-19;/h13-15H,1-12,18-19H2,(H,20,24);1H/t14-,15-;/m0./s1. The van der Waals surface area contributed by atoms with E-state index in [0.29, 0.717) is 12.5 Å². The van der Waals surface area contributed by atoms with Crippen LogP contribution in [0.25, 0.3) is 0 Å². The fourth-order valence-electron chi connectivity index (χ4n) is 3.61. The zero-order chi connectivity index (χ0) is 18.1. The fourth-order valence-corrected chi connectivity index (χ4v) is 3.61. The summed E-state index contributed by atoms with van der Waals surface area (Å²) in [5.74, 6) is 5.31. The average Bonchev–Trinajstić information content (AvgIpc) is 2.89. The van der Waals surface area contributed by atoms with Crippen LogP contribution in [0.3, 0.4) is 0 Å². The number of piperidine rings is 1. The molecular formula is C17H33ClN6O2. The first-order chi connectivity index (χ1) is 12.1. The van der Waals surface area contributed by atoms with Gasteiger partial charge in [-0.15, -0.1) is 12.4 Å². The molecule has 0 unspecified atom stereocenters. The van der Waals surface area contributed by atoms with Crippen molar-refractivity contribution in [2.75, 3.05) is 32.7 Å². The number of carbonyl (C=O) groups is 2. The molecule has 0 spiro atoms. The Balaban J connectivity index is 0.00000338. The second-order valence-corrected chi connectivity index (χ2v) is 7.12. The Morgan fingerprint density at radius 3 is 2.50 bits per heavy atom. The second kappa shape index (κ2) is 12.0. The summed E-state index contributed by atoms with van der Waals surface area (Å²) in [7, 11) is 0. The lowest BCUT2D eigenvalue weighted by molar-refractivity contribution is -0.135. The van der Waals surface area contributed by atoms with E-state index >= 15 is 0 Å². The van der Waals surface area contributed by atoms with Crippen molar-refractivity contribution in [3.05, 3.63) is 0 Å². The monoisotopic (exact) mass is 388 g/mol. The highest BCUT2D eigenvalue weighted by Gasteiger charge is 2.25. The van der Waals surface area contributed by atoms with Crippen LogP contribution in [0.5, 0.6) is 0 Å². The van der Waals surface area contributed by atoms with Crippen LogP contribution in [-0.2, 0) is 9.59 Å². The van der Waals surface area contributed by atoms with Crippen LogP contribution in [0, 0.1) is 5.92 Å². The molecule has 2 aliphatic rings. The molecule has 150 valence electrons. The number of halogens is 1. The van der Waals surface area contributed by atoms with Crippen molar-refractivity contribution in [3.63, 3.8) is 0 Å². The summed E-state index contributed by atoms with van der Waals surface area (Å²) in [6.07, 6.45) is 8.18. The molecule has 0 aliphatic carbocycles. The first kappa shape index (κ1) is 22.5. The van der Waals surface area contributed by atoms with Gasteiger partial charge in [0.2, 0.25) is 11.8 Å². The Labute approximate surface area is 162 Å². The fraction of sp³-hybridized carbons (Fsp3) is 0.824. The molecule has 2 rings (SSSR count). The van der Waals surface area contributed by atoms with Gasteiger partial charge in [0.25, 0.3) is 0 Å². The van der Waals surface area contributed by atoms with Crippen molar-refractivity contribution in [1.82, 2.24) is 15.1 Å². The number of likely N-dealkylation sites (tertiary alicyclic amines) is 2. The molecule has 26 heavy (non-hydrogen) atoms. The van der Waals surface area contributed by atoms with E-state index in [1.165, 1.54) is 0 Å². The molecule has 2 atom stereocenters. The molecule has 5 N–H and O–H groups in total. The predicted octanol–water partition coefficient (Wildman–Crippen LogP) is 0.258. The van der Waals surface area contributed by atoms with Crippen LogP contribution >= 0.6 is 12.4 Å². The van der Waals surface area contributed by atoms with Crippen LogP contribution in [0.4, 0.5) is 0 Å². The van der Waals surface area contributed by atoms with Gasteiger partial charge in [0.1, 0.15) is 6.34 Å². The van der Waals surface area contributed by atoms with Crippen molar-refractivity contribution in [1.29, 1.82) is 0 Å². The topological polar surface area (TPSA) is 117 Å². The van der Waals surface area contributed by atoms with Gasteiger partial charge in [-0.2, -0.15) is 5.10 Å². The first-order valence-electron chi connectivity index (χ1n) is 9.38. The maximum absolute atomic E-state index is 12.4. The van der Waals surface area contributed by atoms with Gasteiger partial charge in [-0.05, 0) is 31.6 Å². The average molecular weight is 389 g/mol. The van der Waals surface area contributed by atoms with Crippen LogP contribution < -0.4 is 16.9 Å². The van der Waals surface area contributed by atoms with Crippen LogP contribution in [0.2, 0.25) is 0 Å². The third-order valence-electron chi connectivity index (χ3n) is 5.01. The van der Waals surface area contributed by atoms with Crippen molar-refractivity contribution in [3.8, 4) is 0 Å². The molecule has 0 saturated carbocycles. The number of nitrogens with zero attached hydrogens (tertiary/aromatic N) is 3. The summed E-state index contributed by atoms with van der Waals surface area (Å²) in [6.45, 7) is 3.89. The van der Waals surface area contributed by atoms with Gasteiger partial charge in [-0.25, -0.2) is 0 Å². The lowest BCUT2D eigenvalue weighted by Crippen LogP contribution is -2.47. The Bertz CT molecular complexity index is 468. The molecule has 2 fully saturated rings. The minimum Gasteiger partial charge on any atom is -0.361 e. The van der Waals surface area contributed by atoms with Crippen molar-refractivity contribution in [2.24, 2.45) is 22.6 Å². The largest absolute Gasteiger partial charge is 0.361 e. The molecule has 2 aliphatic heterocycles. The molecule has 2 saturated heterocycles. The zero-order valence-electron chi connectivity index (χ0n) is 15.4. The SMILES string of the molecule is Cl.NN=CN1CCC[C@@H](CNC(=O)C[C@H](N)C(=O)N2CCCCCC2)C1. The van der Waals surface area contributed by atoms with Crippen molar-refractivity contribution >= 4 is 30.6 Å². The van der Waals surface area contributed by atoms with Crippen LogP contribution in [0.1, 0.15) is 44.9 Å². The van der Waals surface area contributed by atoms with Crippen molar-refractivity contribution < 1.29 is 9.59 Å². The maximum Gasteiger partial charge on any atom is 0.240 e. The lowest BCUT2D eigenvalue weighted by Gasteiger charge is -2.31. The number of hydrogen-bond donors (Lipinski definition) is 3. The third kappa shape index (κ3) is 7.37. The number of nitrogens with two attached hydrogens (primary N) is 2. The highest BCUT2D eigenvalue weighted by Crippen LogP contribution is 2.14. The number of hydrazone groups is 1. The third-order valence-corrected chi connectivity index (χ3v) is 5.01. The van der Waals surface area contributed by atoms with E-state index in [1.54, 1.807) is 6.34 Å². The zero-order valence-corrected chi connectivity index (χ0v) is 16.3. The van der Waals surface area contributed by atoms with Crippen molar-refractivity contribution in [2.45, 2.75) is 51.0 Å². The predicted molar refractivity (Wildman–Crippen MR) is 105 cm³/mol. The van der Waals surface area contributed by atoms with E-state index in [4.69, 9.17) is 11.6 Å². The van der Waals surface area contributed by atoms with E-state index in [2.05, 4.69) is 15.3 Å². The van der Waals surface area contributed by atoms with E-state index in [9.17, 15) is 9.59 Å². The summed E-state index contributed by atoms with van der Waals surface area (Å²) in [5, 5.41) is 6.48. The van der Waals surface area contributed by atoms with Gasteiger partial charge in [-0.1, -0.05) is 12.8 Å². The quantitative estimate of drug-likeness (QED) is 0.261. The van der Waals surface area contributed by atoms with Gasteiger partial charge in [0.05, 0.1) is 12.5 Å². The number of carbonyl (C=O) groups excluding carboxylic acids is 2. The molecule has 2 heterocycles. The van der Waals surface area contributed by atoms with E-state index in [-0.39, 0.29) is 30.6 Å². The Kier molecular flexibility index (Phi) is 10.3. The summed E-state index contributed by atoms with van der Waals surface area (Å²) in [5.41, 5.74) is 5.98. The minimum atomic E-state index is -0.745. The Hall–Kier alpha value is -1.54. The highest BCUT2D eigenvalue weighted by atomic mass is 35.5. The molecule has 0 aromatic rings. The van der Waals surface area contributed by atoms with Gasteiger partial charge < -0.3 is 26.7 Å². The Morgan fingerprint density at radius 1 is 1.15 bits per heavy atom. The number of amides is 2. The maximum atomic E-state index is 12.4. The van der Waals surface area contributed by atoms with Gasteiger partial charge >= 0.3 is 0 Å². The van der Waals surface area contributed by atoms with Crippen LogP contribution in [-0.4, -0.2) is 66.7 Å². The molecule has 2 amide bonds. The molecule has 9 heteroatoms. The van der Waals surface area contributed by atoms with E-state index < -0.39 is 6.04 Å². The molecule has 0 aromatic carbocycles. The van der Waals surface area contributed by atoms with E-state index in [0.717, 1.165) is 64.7 Å². The smallest absolute Gasteiger partial charge is 0.240 e. The normalized spacial score (nSPS) is 22.4. The van der Waals surface area contributed by atoms with E-state index in [1.807, 2.05) is 4.90 Å². The van der Waals surface area contributed by atoms with Gasteiger partial charge in [0, 0.05) is 32.7 Å². The summed E-state index contributed by atoms with van der Waals surface area (Å²) in [4.78, 5) is 28.4. The molecule has 0 aromatic heterocycles. The summed E-state index contributed by atoms with van der Waals surface area (Å²) >= 11 is 0. The summed E-state index contributed by atoms with van der Waals surface area (Å²) < 4.78 is 0. The number of rotatable bonds is 6. The lowest BCUT2D eigenvalue weighted by atomic mass is 9.98. The van der Waals surface area contributed by atoms with Gasteiger partial charge in [-0.3, -0.25) is 9.59 Å². The Morgan fingerprint density at radius 2 is 1.85 bits per heavy atom. The minimum absolute atomic E-state index is 0. The summed E-state index contributed by atoms with van der Waals surface area (Å²) in [6, 6.07) is -0.745. The second-order valence-electron chi connectivity index (χ2n) is 7.12. The first-order valence-corrected chi connectivity index (χ1v) is 9.38. The van der Waals surface area contributed by atoms with Crippen LogP contribution in [0.15, 0.2) is 5.10 Å². The number of hydrogen-bond acceptors (Lipinski definition) is 5. The molecular weight excluding hydrogens is 356 g/mol.